The molecule has 18 heavy (non-hydrogen) atoms. The van der Waals surface area contributed by atoms with Crippen LogP contribution in [-0.4, -0.2) is 11.8 Å². The smallest absolute Gasteiger partial charge is 0.233 e. The Kier molecular flexibility index (Phi) is 2.71. The van der Waals surface area contributed by atoms with Crippen molar-refractivity contribution in [1.29, 1.82) is 0 Å². The molecule has 1 aromatic heterocycles. The Bertz CT molecular complexity index is 604. The second kappa shape index (κ2) is 4.38. The molecule has 1 aliphatic heterocycles. The average Bonchev–Trinajstić information content (AvgIpc) is 2.80. The summed E-state index contributed by atoms with van der Waals surface area (Å²) in [6, 6.07) is 7.07. The van der Waals surface area contributed by atoms with Crippen LogP contribution < -0.4 is 19.9 Å². The van der Waals surface area contributed by atoms with Gasteiger partial charge in [0, 0.05) is 6.07 Å². The van der Waals surface area contributed by atoms with Gasteiger partial charge >= 0.3 is 0 Å². The summed E-state index contributed by atoms with van der Waals surface area (Å²) in [6.45, 7) is 0.239. The van der Waals surface area contributed by atoms with Crippen molar-refractivity contribution >= 4 is 21.6 Å². The van der Waals surface area contributed by atoms with Crippen LogP contribution in [0.25, 0.3) is 0 Å². The first-order valence-electron chi connectivity index (χ1n) is 5.21. The second-order valence-electron chi connectivity index (χ2n) is 3.67. The average molecular weight is 309 g/mol. The highest BCUT2D eigenvalue weighted by Crippen LogP contribution is 2.37. The molecule has 0 radical (unpaired) electrons. The van der Waals surface area contributed by atoms with Gasteiger partial charge in [0.1, 0.15) is 5.75 Å². The fourth-order valence-electron chi connectivity index (χ4n) is 1.57. The fraction of sp³-hybridized carbons (Fsp3) is 0.0833. The molecule has 3 rings (SSSR count). The normalized spacial score (nSPS) is 12.5. The zero-order valence-corrected chi connectivity index (χ0v) is 10.8. The van der Waals surface area contributed by atoms with Crippen LogP contribution in [0.2, 0.25) is 0 Å². The van der Waals surface area contributed by atoms with Crippen molar-refractivity contribution in [3.05, 3.63) is 34.9 Å². The molecule has 92 valence electrons. The van der Waals surface area contributed by atoms with Crippen LogP contribution >= 0.6 is 15.9 Å². The van der Waals surface area contributed by atoms with Crippen LogP contribution in [0.1, 0.15) is 0 Å². The molecule has 0 fully saturated rings. The summed E-state index contributed by atoms with van der Waals surface area (Å²) in [5, 5.41) is 0. The zero-order valence-electron chi connectivity index (χ0n) is 9.22. The molecule has 1 aliphatic rings. The molecule has 2 heterocycles. The van der Waals surface area contributed by atoms with Crippen molar-refractivity contribution in [2.45, 2.75) is 0 Å². The Labute approximate surface area is 112 Å². The fourth-order valence-corrected chi connectivity index (χ4v) is 2.01. The molecule has 0 spiro atoms. The Morgan fingerprint density at radius 2 is 2.06 bits per heavy atom. The number of rotatable bonds is 2. The van der Waals surface area contributed by atoms with E-state index in [1.54, 1.807) is 24.3 Å². The molecule has 1 aromatic carbocycles. The van der Waals surface area contributed by atoms with Gasteiger partial charge in [-0.15, -0.1) is 0 Å². The van der Waals surface area contributed by atoms with E-state index in [4.69, 9.17) is 19.9 Å². The summed E-state index contributed by atoms with van der Waals surface area (Å²) in [6.07, 6.45) is 1.53. The molecule has 0 amide bonds. The van der Waals surface area contributed by atoms with Gasteiger partial charge in [0.15, 0.2) is 11.5 Å². The van der Waals surface area contributed by atoms with Crippen LogP contribution in [0.5, 0.6) is 23.1 Å². The highest BCUT2D eigenvalue weighted by Gasteiger charge is 2.14. The maximum Gasteiger partial charge on any atom is 0.233 e. The Balaban J connectivity index is 1.88. The van der Waals surface area contributed by atoms with Crippen molar-refractivity contribution in [3.8, 4) is 23.1 Å². The van der Waals surface area contributed by atoms with Crippen LogP contribution in [0.15, 0.2) is 34.9 Å². The van der Waals surface area contributed by atoms with Gasteiger partial charge in [0.25, 0.3) is 0 Å². The molecule has 0 aliphatic carbocycles. The summed E-state index contributed by atoms with van der Waals surface area (Å²) in [4.78, 5) is 4.10. The number of halogens is 1. The first-order valence-corrected chi connectivity index (χ1v) is 6.00. The molecule has 5 nitrogen and oxygen atoms in total. The monoisotopic (exact) mass is 308 g/mol. The number of hydrogen-bond acceptors (Lipinski definition) is 5. The molecule has 0 unspecified atom stereocenters. The van der Waals surface area contributed by atoms with Gasteiger partial charge in [-0.3, -0.25) is 0 Å². The van der Waals surface area contributed by atoms with E-state index in [0.29, 0.717) is 33.3 Å². The van der Waals surface area contributed by atoms with Crippen LogP contribution in [0, 0.1) is 0 Å². The van der Waals surface area contributed by atoms with E-state index in [-0.39, 0.29) is 6.79 Å². The third-order valence-corrected chi connectivity index (χ3v) is 2.96. The first-order chi connectivity index (χ1) is 8.72. The SMILES string of the molecule is Nc1cnc(Oc2ccc3c(c2)OCO3)c(Br)c1. The first kappa shape index (κ1) is 11.2. The lowest BCUT2D eigenvalue weighted by Crippen LogP contribution is -1.93. The Morgan fingerprint density at radius 1 is 1.22 bits per heavy atom. The van der Waals surface area contributed by atoms with E-state index in [9.17, 15) is 0 Å². The van der Waals surface area contributed by atoms with E-state index in [1.807, 2.05) is 0 Å². The lowest BCUT2D eigenvalue weighted by molar-refractivity contribution is 0.174. The van der Waals surface area contributed by atoms with Gasteiger partial charge in [-0.05, 0) is 34.1 Å². The quantitative estimate of drug-likeness (QED) is 0.924. The maximum atomic E-state index is 5.64. The van der Waals surface area contributed by atoms with Crippen LogP contribution in [0.3, 0.4) is 0 Å². The number of anilines is 1. The Hall–Kier alpha value is -1.95. The number of nitrogens with two attached hydrogens (primary N) is 1. The van der Waals surface area contributed by atoms with E-state index >= 15 is 0 Å². The van der Waals surface area contributed by atoms with Crippen molar-refractivity contribution in [1.82, 2.24) is 4.98 Å². The van der Waals surface area contributed by atoms with E-state index in [2.05, 4.69) is 20.9 Å². The molecule has 0 atom stereocenters. The molecule has 0 saturated carbocycles. The lowest BCUT2D eigenvalue weighted by atomic mass is 10.3. The van der Waals surface area contributed by atoms with E-state index in [1.165, 1.54) is 6.20 Å². The number of nitrogen functional groups attached to an aromatic ring is 1. The number of nitrogens with zero attached hydrogens (tertiary/aromatic N) is 1. The summed E-state index contributed by atoms with van der Waals surface area (Å²) < 4.78 is 16.8. The topological polar surface area (TPSA) is 66.6 Å². The number of fused-ring (bicyclic) bond motifs is 1. The number of benzene rings is 1. The summed E-state index contributed by atoms with van der Waals surface area (Å²) >= 11 is 3.34. The Morgan fingerprint density at radius 3 is 2.89 bits per heavy atom. The summed E-state index contributed by atoms with van der Waals surface area (Å²) in [5.41, 5.74) is 6.18. The summed E-state index contributed by atoms with van der Waals surface area (Å²) in [5.74, 6) is 2.45. The van der Waals surface area contributed by atoms with Gasteiger partial charge in [-0.25, -0.2) is 4.98 Å². The van der Waals surface area contributed by atoms with E-state index < -0.39 is 0 Å². The molecular formula is C12H9BrN2O3. The largest absolute Gasteiger partial charge is 0.454 e. The standard InChI is InChI=1S/C12H9BrN2O3/c13-9-3-7(14)5-15-12(9)18-8-1-2-10-11(4-8)17-6-16-10/h1-5H,6,14H2. The van der Waals surface area contributed by atoms with Crippen LogP contribution in [-0.2, 0) is 0 Å². The minimum absolute atomic E-state index is 0.239. The number of hydrogen-bond donors (Lipinski definition) is 1. The van der Waals surface area contributed by atoms with E-state index in [0.717, 1.165) is 0 Å². The zero-order chi connectivity index (χ0) is 12.5. The van der Waals surface area contributed by atoms with Crippen molar-refractivity contribution in [3.63, 3.8) is 0 Å². The van der Waals surface area contributed by atoms with Crippen molar-refractivity contribution < 1.29 is 14.2 Å². The summed E-state index contributed by atoms with van der Waals surface area (Å²) in [7, 11) is 0. The van der Waals surface area contributed by atoms with Gasteiger partial charge in [0.2, 0.25) is 12.7 Å². The lowest BCUT2D eigenvalue weighted by Gasteiger charge is -2.07. The predicted molar refractivity (Wildman–Crippen MR) is 69.0 cm³/mol. The molecule has 0 bridgehead atoms. The minimum Gasteiger partial charge on any atom is -0.454 e. The molecule has 2 N–H and O–H groups in total. The minimum atomic E-state index is 0.239. The third kappa shape index (κ3) is 2.06. The van der Waals surface area contributed by atoms with Crippen LogP contribution in [0.4, 0.5) is 5.69 Å². The molecule has 0 saturated heterocycles. The molecule has 6 heteroatoms. The highest BCUT2D eigenvalue weighted by molar-refractivity contribution is 9.10. The van der Waals surface area contributed by atoms with Crippen molar-refractivity contribution in [2.24, 2.45) is 0 Å². The number of pyridine rings is 1. The maximum absolute atomic E-state index is 5.64. The van der Waals surface area contributed by atoms with Gasteiger partial charge in [0.05, 0.1) is 16.4 Å². The molecule has 2 aromatic rings. The number of aromatic nitrogens is 1. The third-order valence-electron chi connectivity index (χ3n) is 2.39. The number of ether oxygens (including phenoxy) is 3. The van der Waals surface area contributed by atoms with Gasteiger partial charge in [-0.2, -0.15) is 0 Å². The van der Waals surface area contributed by atoms with Crippen molar-refractivity contribution in [2.75, 3.05) is 12.5 Å². The van der Waals surface area contributed by atoms with Gasteiger partial charge in [-0.1, -0.05) is 0 Å². The molecular weight excluding hydrogens is 300 g/mol. The highest BCUT2D eigenvalue weighted by atomic mass is 79.9. The predicted octanol–water partition coefficient (Wildman–Crippen LogP) is 2.95. The second-order valence-corrected chi connectivity index (χ2v) is 4.53. The van der Waals surface area contributed by atoms with Gasteiger partial charge < -0.3 is 19.9 Å².